The predicted molar refractivity (Wildman–Crippen MR) is 71.1 cm³/mol. The smallest absolute Gasteiger partial charge is 0.161 e. The summed E-state index contributed by atoms with van der Waals surface area (Å²) in [7, 11) is 0. The normalized spacial score (nSPS) is 15.8. The first kappa shape index (κ1) is 13.2. The molecule has 0 aliphatic carbocycles. The van der Waals surface area contributed by atoms with Crippen LogP contribution in [0.4, 0.5) is 0 Å². The lowest BCUT2D eigenvalue weighted by Gasteiger charge is -2.21. The Hall–Kier alpha value is -1.22. The van der Waals surface area contributed by atoms with Crippen LogP contribution in [0.15, 0.2) is 18.2 Å². The number of ether oxygens (including phenoxy) is 2. The molecule has 3 heteroatoms. The predicted octanol–water partition coefficient (Wildman–Crippen LogP) is 3.32. The molecule has 0 saturated carbocycles. The summed E-state index contributed by atoms with van der Waals surface area (Å²) in [6, 6.07) is 5.72. The first-order valence-electron chi connectivity index (χ1n) is 6.82. The molecule has 0 bridgehead atoms. The van der Waals surface area contributed by atoms with Crippen LogP contribution in [0.2, 0.25) is 0 Å². The van der Waals surface area contributed by atoms with Crippen molar-refractivity contribution in [3.63, 3.8) is 0 Å². The van der Waals surface area contributed by atoms with Crippen molar-refractivity contribution in [1.29, 1.82) is 0 Å². The third kappa shape index (κ3) is 2.96. The number of hydrogen-bond acceptors (Lipinski definition) is 3. The Labute approximate surface area is 109 Å². The van der Waals surface area contributed by atoms with Crippen LogP contribution in [-0.2, 0) is 0 Å². The Morgan fingerprint density at radius 3 is 2.44 bits per heavy atom. The highest BCUT2D eigenvalue weighted by Gasteiger charge is 2.17. The number of aliphatic hydroxyl groups is 1. The quantitative estimate of drug-likeness (QED) is 0.871. The van der Waals surface area contributed by atoms with E-state index in [0.29, 0.717) is 19.1 Å². The highest BCUT2D eigenvalue weighted by Crippen LogP contribution is 2.34. The van der Waals surface area contributed by atoms with Crippen LogP contribution in [0.3, 0.4) is 0 Å². The van der Waals surface area contributed by atoms with E-state index in [-0.39, 0.29) is 0 Å². The summed E-state index contributed by atoms with van der Waals surface area (Å²) in [5, 5.41) is 10.3. The minimum Gasteiger partial charge on any atom is -0.486 e. The highest BCUT2D eigenvalue weighted by atomic mass is 16.6. The molecule has 1 N–H and O–H groups in total. The molecule has 1 aliphatic heterocycles. The summed E-state index contributed by atoms with van der Waals surface area (Å²) >= 11 is 0. The van der Waals surface area contributed by atoms with Crippen LogP contribution in [0, 0.1) is 5.92 Å². The fourth-order valence-electron chi connectivity index (χ4n) is 2.34. The van der Waals surface area contributed by atoms with E-state index in [2.05, 4.69) is 13.8 Å². The first-order valence-corrected chi connectivity index (χ1v) is 6.82. The van der Waals surface area contributed by atoms with Gasteiger partial charge in [-0.15, -0.1) is 0 Å². The maximum atomic E-state index is 10.3. The molecule has 1 aromatic carbocycles. The summed E-state index contributed by atoms with van der Waals surface area (Å²) in [5.74, 6) is 2.11. The molecular formula is C15H22O3. The third-order valence-corrected chi connectivity index (χ3v) is 3.66. The van der Waals surface area contributed by atoms with Gasteiger partial charge in [-0.2, -0.15) is 0 Å². The molecule has 0 saturated heterocycles. The molecule has 1 atom stereocenters. The molecule has 1 heterocycles. The van der Waals surface area contributed by atoms with Gasteiger partial charge in [0.05, 0.1) is 6.10 Å². The Morgan fingerprint density at radius 2 is 1.78 bits per heavy atom. The largest absolute Gasteiger partial charge is 0.486 e. The van der Waals surface area contributed by atoms with E-state index >= 15 is 0 Å². The summed E-state index contributed by atoms with van der Waals surface area (Å²) in [5.41, 5.74) is 0.922. The van der Waals surface area contributed by atoms with Crippen molar-refractivity contribution < 1.29 is 14.6 Å². The van der Waals surface area contributed by atoms with Gasteiger partial charge in [-0.25, -0.2) is 0 Å². The van der Waals surface area contributed by atoms with Gasteiger partial charge < -0.3 is 14.6 Å². The molecule has 18 heavy (non-hydrogen) atoms. The van der Waals surface area contributed by atoms with Gasteiger partial charge in [0.25, 0.3) is 0 Å². The van der Waals surface area contributed by atoms with Crippen LogP contribution in [0.1, 0.15) is 44.8 Å². The van der Waals surface area contributed by atoms with Gasteiger partial charge in [0.1, 0.15) is 13.2 Å². The van der Waals surface area contributed by atoms with Gasteiger partial charge in [0.2, 0.25) is 0 Å². The number of fused-ring (bicyclic) bond motifs is 1. The highest BCUT2D eigenvalue weighted by molar-refractivity contribution is 5.44. The standard InChI is InChI=1S/C15H22O3/c1-3-11(4-2)9-13(16)12-5-6-14-15(10-12)18-8-7-17-14/h5-6,10-11,13,16H,3-4,7-9H2,1-2H3. The van der Waals surface area contributed by atoms with Gasteiger partial charge in [0.15, 0.2) is 11.5 Å². The van der Waals surface area contributed by atoms with Gasteiger partial charge in [-0.3, -0.25) is 0 Å². The molecule has 1 aliphatic rings. The van der Waals surface area contributed by atoms with Gasteiger partial charge in [-0.1, -0.05) is 32.8 Å². The molecule has 2 rings (SSSR count). The number of hydrogen-bond donors (Lipinski definition) is 1. The van der Waals surface area contributed by atoms with Gasteiger partial charge >= 0.3 is 0 Å². The van der Waals surface area contributed by atoms with E-state index in [1.807, 2.05) is 18.2 Å². The Morgan fingerprint density at radius 1 is 1.11 bits per heavy atom. The Kier molecular flexibility index (Phi) is 4.48. The van der Waals surface area contributed by atoms with Gasteiger partial charge in [0, 0.05) is 0 Å². The summed E-state index contributed by atoms with van der Waals surface area (Å²) < 4.78 is 11.0. The number of benzene rings is 1. The lowest BCUT2D eigenvalue weighted by Crippen LogP contribution is -2.15. The molecule has 1 unspecified atom stereocenters. The van der Waals surface area contributed by atoms with E-state index < -0.39 is 6.10 Å². The van der Waals surface area contributed by atoms with Crippen LogP contribution in [0.5, 0.6) is 11.5 Å². The van der Waals surface area contributed by atoms with Crippen molar-refractivity contribution in [1.82, 2.24) is 0 Å². The monoisotopic (exact) mass is 250 g/mol. The maximum Gasteiger partial charge on any atom is 0.161 e. The molecule has 0 spiro atoms. The van der Waals surface area contributed by atoms with Crippen LogP contribution < -0.4 is 9.47 Å². The van der Waals surface area contributed by atoms with Crippen molar-refractivity contribution in [2.45, 2.75) is 39.2 Å². The molecule has 0 amide bonds. The zero-order chi connectivity index (χ0) is 13.0. The molecule has 1 aromatic rings. The molecule has 100 valence electrons. The topological polar surface area (TPSA) is 38.7 Å². The molecular weight excluding hydrogens is 228 g/mol. The van der Waals surface area contributed by atoms with Crippen molar-refractivity contribution in [2.24, 2.45) is 5.92 Å². The minimum absolute atomic E-state index is 0.411. The maximum absolute atomic E-state index is 10.3. The zero-order valence-electron chi connectivity index (χ0n) is 11.2. The average molecular weight is 250 g/mol. The van der Waals surface area contributed by atoms with Crippen molar-refractivity contribution in [3.8, 4) is 11.5 Å². The fraction of sp³-hybridized carbons (Fsp3) is 0.600. The van der Waals surface area contributed by atoms with E-state index in [4.69, 9.17) is 9.47 Å². The van der Waals surface area contributed by atoms with Crippen LogP contribution >= 0.6 is 0 Å². The Bertz CT molecular complexity index is 385. The molecule has 0 aromatic heterocycles. The fourth-order valence-corrected chi connectivity index (χ4v) is 2.34. The van der Waals surface area contributed by atoms with E-state index in [1.54, 1.807) is 0 Å². The summed E-state index contributed by atoms with van der Waals surface area (Å²) in [6.45, 7) is 5.52. The lowest BCUT2D eigenvalue weighted by atomic mass is 9.93. The van der Waals surface area contributed by atoms with E-state index in [0.717, 1.165) is 36.3 Å². The van der Waals surface area contributed by atoms with Crippen LogP contribution in [-0.4, -0.2) is 18.3 Å². The van der Waals surface area contributed by atoms with Crippen LogP contribution in [0.25, 0.3) is 0 Å². The first-order chi connectivity index (χ1) is 8.74. The average Bonchev–Trinajstić information content (AvgIpc) is 2.44. The number of rotatable bonds is 5. The van der Waals surface area contributed by atoms with E-state index in [9.17, 15) is 5.11 Å². The Balaban J connectivity index is 2.08. The molecule has 0 fully saturated rings. The SMILES string of the molecule is CCC(CC)CC(O)c1ccc2c(c1)OCCO2. The lowest BCUT2D eigenvalue weighted by molar-refractivity contribution is 0.138. The second-order valence-electron chi connectivity index (χ2n) is 4.84. The minimum atomic E-state index is -0.411. The second-order valence-corrected chi connectivity index (χ2v) is 4.84. The zero-order valence-corrected chi connectivity index (χ0v) is 11.2. The molecule has 3 nitrogen and oxygen atoms in total. The van der Waals surface area contributed by atoms with E-state index in [1.165, 1.54) is 0 Å². The van der Waals surface area contributed by atoms with Crippen molar-refractivity contribution in [2.75, 3.05) is 13.2 Å². The molecule has 0 radical (unpaired) electrons. The number of aliphatic hydroxyl groups excluding tert-OH is 1. The van der Waals surface area contributed by atoms with Gasteiger partial charge in [-0.05, 0) is 30.0 Å². The van der Waals surface area contributed by atoms with Crippen molar-refractivity contribution >= 4 is 0 Å². The van der Waals surface area contributed by atoms with Crippen molar-refractivity contribution in [3.05, 3.63) is 23.8 Å². The third-order valence-electron chi connectivity index (χ3n) is 3.66. The second kappa shape index (κ2) is 6.10. The summed E-state index contributed by atoms with van der Waals surface area (Å²) in [6.07, 6.45) is 2.62. The summed E-state index contributed by atoms with van der Waals surface area (Å²) in [4.78, 5) is 0.